The van der Waals surface area contributed by atoms with E-state index in [0.29, 0.717) is 36.2 Å². The Balaban J connectivity index is 2.23. The van der Waals surface area contributed by atoms with Crippen molar-refractivity contribution in [2.24, 2.45) is 0 Å². The van der Waals surface area contributed by atoms with Gasteiger partial charge in [-0.05, 0) is 12.1 Å². The van der Waals surface area contributed by atoms with E-state index in [-0.39, 0.29) is 5.69 Å². The number of nitrogens with two attached hydrogens (primary N) is 1. The number of nitrogens with zero attached hydrogens (tertiary/aromatic N) is 3. The summed E-state index contributed by atoms with van der Waals surface area (Å²) in [7, 11) is 0. The molecule has 1 aromatic carbocycles. The first-order valence-electron chi connectivity index (χ1n) is 5.96. The van der Waals surface area contributed by atoms with E-state index in [1.54, 1.807) is 0 Å². The smallest absolute Gasteiger partial charge is 0.294 e. The number of halogens is 1. The maximum Gasteiger partial charge on any atom is 0.294 e. The molecule has 0 atom stereocenters. The minimum Gasteiger partial charge on any atom is -0.382 e. The van der Waals surface area contributed by atoms with E-state index < -0.39 is 4.92 Å². The van der Waals surface area contributed by atoms with Crippen LogP contribution in [0.1, 0.15) is 11.3 Å². The number of hydrogen-bond donors (Lipinski definition) is 1. The van der Waals surface area contributed by atoms with Gasteiger partial charge in [-0.3, -0.25) is 10.1 Å². The average Bonchev–Trinajstić information content (AvgIpc) is 2.76. The Bertz CT molecular complexity index is 698. The number of hydrogen-bond acceptors (Lipinski definition) is 5. The molecule has 0 saturated carbocycles. The molecule has 3 rings (SSSR count). The molecule has 0 amide bonds. The predicted molar refractivity (Wildman–Crippen MR) is 73.0 cm³/mol. The topological polar surface area (TPSA) is 96.2 Å². The zero-order valence-corrected chi connectivity index (χ0v) is 11.1. The number of nitro groups is 1. The Labute approximate surface area is 119 Å². The molecule has 1 aromatic heterocycles. The van der Waals surface area contributed by atoms with E-state index in [4.69, 9.17) is 22.1 Å². The first kappa shape index (κ1) is 12.9. The van der Waals surface area contributed by atoms with Crippen molar-refractivity contribution in [1.82, 2.24) is 9.78 Å². The zero-order chi connectivity index (χ0) is 14.3. The Morgan fingerprint density at radius 2 is 2.30 bits per heavy atom. The third-order valence-electron chi connectivity index (χ3n) is 3.21. The molecule has 0 bridgehead atoms. The molecule has 1 aliphatic heterocycles. The Kier molecular flexibility index (Phi) is 3.07. The summed E-state index contributed by atoms with van der Waals surface area (Å²) in [4.78, 5) is 10.7. The lowest BCUT2D eigenvalue weighted by molar-refractivity contribution is -0.384. The second-order valence-corrected chi connectivity index (χ2v) is 4.85. The van der Waals surface area contributed by atoms with Crippen molar-refractivity contribution >= 4 is 23.1 Å². The zero-order valence-electron chi connectivity index (χ0n) is 10.4. The summed E-state index contributed by atoms with van der Waals surface area (Å²) in [5.41, 5.74) is 7.72. The molecule has 104 valence electrons. The standard InChI is InChI=1S/C12H11ClN4O3/c13-7-1-2-10(17(18)19)11(5-7)16-9-3-4-20-6-8(9)12(14)15-16/h1-2,5H,3-4,6H2,(H2,14,15). The van der Waals surface area contributed by atoms with Gasteiger partial charge in [-0.1, -0.05) is 11.6 Å². The van der Waals surface area contributed by atoms with Gasteiger partial charge >= 0.3 is 0 Å². The normalized spacial score (nSPS) is 14.1. The lowest BCUT2D eigenvalue weighted by Crippen LogP contribution is -2.13. The number of benzene rings is 1. The largest absolute Gasteiger partial charge is 0.382 e. The highest BCUT2D eigenvalue weighted by atomic mass is 35.5. The van der Waals surface area contributed by atoms with Crippen LogP contribution in [0.5, 0.6) is 0 Å². The molecule has 20 heavy (non-hydrogen) atoms. The van der Waals surface area contributed by atoms with Gasteiger partial charge in [-0.15, -0.1) is 5.10 Å². The van der Waals surface area contributed by atoms with Crippen LogP contribution in [0.3, 0.4) is 0 Å². The molecule has 7 nitrogen and oxygen atoms in total. The van der Waals surface area contributed by atoms with Crippen LogP contribution in [-0.2, 0) is 17.8 Å². The summed E-state index contributed by atoms with van der Waals surface area (Å²) in [5, 5.41) is 15.7. The van der Waals surface area contributed by atoms with Crippen LogP contribution in [0.4, 0.5) is 11.5 Å². The van der Waals surface area contributed by atoms with Crippen LogP contribution >= 0.6 is 11.6 Å². The molecule has 2 N–H and O–H groups in total. The molecular formula is C12H11ClN4O3. The highest BCUT2D eigenvalue weighted by Gasteiger charge is 2.25. The lowest BCUT2D eigenvalue weighted by atomic mass is 10.1. The fourth-order valence-corrected chi connectivity index (χ4v) is 2.45. The number of rotatable bonds is 2. The van der Waals surface area contributed by atoms with Crippen molar-refractivity contribution in [3.05, 3.63) is 44.6 Å². The van der Waals surface area contributed by atoms with E-state index in [1.165, 1.54) is 22.9 Å². The molecule has 0 fully saturated rings. The van der Waals surface area contributed by atoms with Gasteiger partial charge in [0, 0.05) is 23.1 Å². The van der Waals surface area contributed by atoms with E-state index >= 15 is 0 Å². The average molecular weight is 295 g/mol. The summed E-state index contributed by atoms with van der Waals surface area (Å²) in [6.07, 6.45) is 0.600. The number of nitrogen functional groups attached to an aromatic ring is 1. The van der Waals surface area contributed by atoms with E-state index in [1.807, 2.05) is 0 Å². The molecule has 2 heterocycles. The molecule has 2 aromatic rings. The van der Waals surface area contributed by atoms with Gasteiger partial charge in [0.2, 0.25) is 0 Å². The first-order chi connectivity index (χ1) is 9.58. The van der Waals surface area contributed by atoms with Gasteiger partial charge in [0.15, 0.2) is 5.82 Å². The molecule has 0 saturated heterocycles. The van der Waals surface area contributed by atoms with Crippen LogP contribution < -0.4 is 5.73 Å². The lowest BCUT2D eigenvalue weighted by Gasteiger charge is -2.14. The molecule has 0 radical (unpaired) electrons. The second kappa shape index (κ2) is 4.77. The molecule has 0 spiro atoms. The number of nitro benzene ring substituents is 1. The van der Waals surface area contributed by atoms with Gasteiger partial charge in [-0.2, -0.15) is 0 Å². The first-order valence-corrected chi connectivity index (χ1v) is 6.34. The second-order valence-electron chi connectivity index (χ2n) is 4.42. The van der Waals surface area contributed by atoms with Crippen molar-refractivity contribution in [2.45, 2.75) is 13.0 Å². The van der Waals surface area contributed by atoms with Crippen molar-refractivity contribution in [3.8, 4) is 5.69 Å². The fraction of sp³-hybridized carbons (Fsp3) is 0.250. The van der Waals surface area contributed by atoms with Crippen LogP contribution in [0, 0.1) is 10.1 Å². The monoisotopic (exact) mass is 294 g/mol. The highest BCUT2D eigenvalue weighted by molar-refractivity contribution is 6.30. The molecule has 1 aliphatic rings. The Morgan fingerprint density at radius 1 is 1.50 bits per heavy atom. The van der Waals surface area contributed by atoms with Crippen LogP contribution in [0.25, 0.3) is 5.69 Å². The number of anilines is 1. The van der Waals surface area contributed by atoms with E-state index in [2.05, 4.69) is 5.10 Å². The van der Waals surface area contributed by atoms with Crippen LogP contribution in [0.2, 0.25) is 5.02 Å². The fourth-order valence-electron chi connectivity index (χ4n) is 2.28. The molecule has 0 unspecified atom stereocenters. The summed E-state index contributed by atoms with van der Waals surface area (Å²) < 4.78 is 6.83. The van der Waals surface area contributed by atoms with Gasteiger partial charge in [0.1, 0.15) is 5.69 Å². The minimum atomic E-state index is -0.463. The van der Waals surface area contributed by atoms with Crippen LogP contribution in [0.15, 0.2) is 18.2 Å². The Morgan fingerprint density at radius 3 is 3.05 bits per heavy atom. The van der Waals surface area contributed by atoms with Crippen molar-refractivity contribution in [1.29, 1.82) is 0 Å². The maximum atomic E-state index is 11.1. The van der Waals surface area contributed by atoms with Gasteiger partial charge in [0.05, 0.1) is 23.8 Å². The van der Waals surface area contributed by atoms with E-state index in [0.717, 1.165) is 11.3 Å². The number of ether oxygens (including phenoxy) is 1. The summed E-state index contributed by atoms with van der Waals surface area (Å²) in [6, 6.07) is 4.36. The molecular weight excluding hydrogens is 284 g/mol. The SMILES string of the molecule is Nc1nn(-c2cc(Cl)ccc2[N+](=O)[O-])c2c1COCC2. The third kappa shape index (κ3) is 2.00. The predicted octanol–water partition coefficient (Wildman–Crippen LogP) is 2.09. The Hall–Kier alpha value is -2.12. The van der Waals surface area contributed by atoms with Crippen LogP contribution in [-0.4, -0.2) is 21.3 Å². The van der Waals surface area contributed by atoms with Gasteiger partial charge in [-0.25, -0.2) is 4.68 Å². The summed E-state index contributed by atoms with van der Waals surface area (Å²) in [6.45, 7) is 0.905. The quantitative estimate of drug-likeness (QED) is 0.676. The van der Waals surface area contributed by atoms with E-state index in [9.17, 15) is 10.1 Å². The highest BCUT2D eigenvalue weighted by Crippen LogP contribution is 2.31. The maximum absolute atomic E-state index is 11.1. The van der Waals surface area contributed by atoms with Crippen molar-refractivity contribution in [2.75, 3.05) is 12.3 Å². The third-order valence-corrected chi connectivity index (χ3v) is 3.45. The molecule has 8 heteroatoms. The molecule has 0 aliphatic carbocycles. The number of aromatic nitrogens is 2. The minimum absolute atomic E-state index is 0.0637. The summed E-state index contributed by atoms with van der Waals surface area (Å²) >= 11 is 5.94. The van der Waals surface area contributed by atoms with Crippen molar-refractivity contribution < 1.29 is 9.66 Å². The summed E-state index contributed by atoms with van der Waals surface area (Å²) in [5.74, 6) is 0.328. The van der Waals surface area contributed by atoms with Gasteiger partial charge < -0.3 is 10.5 Å². The van der Waals surface area contributed by atoms with Crippen molar-refractivity contribution in [3.63, 3.8) is 0 Å². The van der Waals surface area contributed by atoms with Gasteiger partial charge in [0.25, 0.3) is 5.69 Å². The number of fused-ring (bicyclic) bond motifs is 1.